The van der Waals surface area contributed by atoms with Crippen LogP contribution in [0.25, 0.3) is 21.9 Å². The fourth-order valence-corrected chi connectivity index (χ4v) is 4.44. The smallest absolute Gasteiger partial charge is 0.230 e. The van der Waals surface area contributed by atoms with Crippen molar-refractivity contribution in [3.63, 3.8) is 0 Å². The van der Waals surface area contributed by atoms with E-state index in [1.54, 1.807) is 11.0 Å². The molecule has 0 spiro atoms. The molecule has 1 amide bonds. The number of halogens is 1. The molecule has 30 heavy (non-hydrogen) atoms. The highest BCUT2D eigenvalue weighted by atomic mass is 79.9. The van der Waals surface area contributed by atoms with E-state index in [1.165, 1.54) is 17.7 Å². The number of nitrogens with one attached hydrogen (secondary N) is 1. The average Bonchev–Trinajstić information content (AvgIpc) is 3.48. The van der Waals surface area contributed by atoms with E-state index in [-0.39, 0.29) is 12.3 Å². The first-order chi connectivity index (χ1) is 14.7. The topological polar surface area (TPSA) is 77.1 Å². The number of imidazole rings is 1. The fourth-order valence-electron chi connectivity index (χ4n) is 3.20. The summed E-state index contributed by atoms with van der Waals surface area (Å²) in [6, 6.07) is 15.6. The number of hydrogen-bond donors (Lipinski definition) is 1. The van der Waals surface area contributed by atoms with E-state index in [1.807, 2.05) is 64.5 Å². The van der Waals surface area contributed by atoms with Crippen LogP contribution in [0, 0.1) is 0 Å². The van der Waals surface area contributed by atoms with Gasteiger partial charge in [0.05, 0.1) is 23.5 Å². The third-order valence-electron chi connectivity index (χ3n) is 4.59. The van der Waals surface area contributed by atoms with E-state index in [9.17, 15) is 4.79 Å². The van der Waals surface area contributed by atoms with Crippen LogP contribution >= 0.6 is 27.3 Å². The molecule has 0 fully saturated rings. The van der Waals surface area contributed by atoms with E-state index in [0.29, 0.717) is 5.69 Å². The number of anilines is 1. The Morgan fingerprint density at radius 2 is 2.03 bits per heavy atom. The number of carbonyl (C=O) groups excluding carboxylic acids is 1. The summed E-state index contributed by atoms with van der Waals surface area (Å²) >= 11 is 4.98. The number of nitrogens with zero attached hydrogens (tertiary/aromatic N) is 5. The molecule has 7 nitrogen and oxygen atoms in total. The molecule has 1 N–H and O–H groups in total. The van der Waals surface area contributed by atoms with Crippen molar-refractivity contribution in [2.45, 2.75) is 6.42 Å². The molecule has 3 aromatic heterocycles. The monoisotopic (exact) mass is 478 g/mol. The van der Waals surface area contributed by atoms with Gasteiger partial charge in [-0.05, 0) is 18.2 Å². The fraction of sp³-hybridized carbons (Fsp3) is 0.0476. The lowest BCUT2D eigenvalue weighted by Crippen LogP contribution is -2.17. The number of aromatic nitrogens is 5. The van der Waals surface area contributed by atoms with Crippen molar-refractivity contribution in [1.82, 2.24) is 24.1 Å². The summed E-state index contributed by atoms with van der Waals surface area (Å²) in [7, 11) is 0. The van der Waals surface area contributed by atoms with Crippen molar-refractivity contribution >= 4 is 43.8 Å². The summed E-state index contributed by atoms with van der Waals surface area (Å²) in [5.74, 6) is -0.121. The number of benzene rings is 2. The summed E-state index contributed by atoms with van der Waals surface area (Å²) in [5, 5.41) is 9.12. The molecule has 0 saturated carbocycles. The average molecular weight is 479 g/mol. The predicted molar refractivity (Wildman–Crippen MR) is 120 cm³/mol. The van der Waals surface area contributed by atoms with Gasteiger partial charge in [-0.3, -0.25) is 9.20 Å². The second kappa shape index (κ2) is 7.85. The molecule has 5 aromatic rings. The van der Waals surface area contributed by atoms with Gasteiger partial charge in [0.15, 0.2) is 4.96 Å². The normalized spacial score (nSPS) is 11.1. The maximum atomic E-state index is 12.8. The number of rotatable bonds is 5. The van der Waals surface area contributed by atoms with Gasteiger partial charge in [-0.2, -0.15) is 5.10 Å². The summed E-state index contributed by atoms with van der Waals surface area (Å²) in [6.45, 7) is 0. The summed E-state index contributed by atoms with van der Waals surface area (Å²) in [5.41, 5.74) is 4.23. The molecule has 0 saturated heterocycles. The first-order valence-electron chi connectivity index (χ1n) is 9.13. The van der Waals surface area contributed by atoms with Crippen LogP contribution in [-0.4, -0.2) is 30.1 Å². The van der Waals surface area contributed by atoms with Crippen LogP contribution in [-0.2, 0) is 11.2 Å². The van der Waals surface area contributed by atoms with Gasteiger partial charge in [0, 0.05) is 27.3 Å². The first-order valence-corrected chi connectivity index (χ1v) is 10.8. The van der Waals surface area contributed by atoms with Crippen LogP contribution in [0.15, 0.2) is 77.2 Å². The Labute approximate surface area is 184 Å². The van der Waals surface area contributed by atoms with E-state index in [4.69, 9.17) is 0 Å². The Hall–Kier alpha value is -3.30. The molecule has 0 bridgehead atoms. The molecule has 2 aromatic carbocycles. The van der Waals surface area contributed by atoms with Gasteiger partial charge in [-0.1, -0.05) is 46.3 Å². The third-order valence-corrected chi connectivity index (χ3v) is 5.97. The lowest BCUT2D eigenvalue weighted by Gasteiger charge is -2.11. The predicted octanol–water partition coefficient (Wildman–Crippen LogP) is 4.59. The van der Waals surface area contributed by atoms with Crippen LogP contribution < -0.4 is 5.32 Å². The van der Waals surface area contributed by atoms with Crippen LogP contribution in [0.4, 0.5) is 5.69 Å². The molecule has 0 aliphatic carbocycles. The second-order valence-corrected chi connectivity index (χ2v) is 8.35. The minimum Gasteiger partial charge on any atom is -0.324 e. The Kier molecular flexibility index (Phi) is 4.89. The van der Waals surface area contributed by atoms with Gasteiger partial charge < -0.3 is 5.32 Å². The highest BCUT2D eigenvalue weighted by Crippen LogP contribution is 2.26. The summed E-state index contributed by atoms with van der Waals surface area (Å²) in [4.78, 5) is 22.4. The largest absolute Gasteiger partial charge is 0.324 e. The van der Waals surface area contributed by atoms with Crippen LogP contribution in [0.5, 0.6) is 0 Å². The second-order valence-electron chi connectivity index (χ2n) is 6.60. The number of amides is 1. The minimum absolute atomic E-state index is 0.121. The highest BCUT2D eigenvalue weighted by Gasteiger charge is 2.15. The Morgan fingerprint density at radius 3 is 2.83 bits per heavy atom. The molecule has 0 unspecified atom stereocenters. The summed E-state index contributed by atoms with van der Waals surface area (Å²) in [6.07, 6.45) is 5.26. The van der Waals surface area contributed by atoms with Crippen molar-refractivity contribution in [3.8, 4) is 16.9 Å². The zero-order valence-corrected chi connectivity index (χ0v) is 18.0. The molecule has 9 heteroatoms. The molecule has 3 heterocycles. The van der Waals surface area contributed by atoms with Crippen molar-refractivity contribution in [2.75, 3.05) is 5.32 Å². The van der Waals surface area contributed by atoms with E-state index in [2.05, 4.69) is 36.3 Å². The number of hydrogen-bond acceptors (Lipinski definition) is 5. The van der Waals surface area contributed by atoms with Gasteiger partial charge >= 0.3 is 0 Å². The van der Waals surface area contributed by atoms with Crippen molar-refractivity contribution < 1.29 is 4.79 Å². The van der Waals surface area contributed by atoms with Crippen LogP contribution in [0.3, 0.4) is 0 Å². The molecular weight excluding hydrogens is 464 g/mol. The lowest BCUT2D eigenvalue weighted by atomic mass is 10.2. The molecule has 0 atom stereocenters. The van der Waals surface area contributed by atoms with Crippen LogP contribution in [0.2, 0.25) is 0 Å². The lowest BCUT2D eigenvalue weighted by molar-refractivity contribution is -0.115. The minimum atomic E-state index is -0.121. The van der Waals surface area contributed by atoms with Gasteiger partial charge in [0.1, 0.15) is 12.7 Å². The maximum Gasteiger partial charge on any atom is 0.230 e. The molecule has 148 valence electrons. The maximum absolute atomic E-state index is 12.8. The molecule has 5 rings (SSSR count). The van der Waals surface area contributed by atoms with E-state index >= 15 is 0 Å². The van der Waals surface area contributed by atoms with E-state index in [0.717, 1.165) is 32.1 Å². The Morgan fingerprint density at radius 1 is 1.17 bits per heavy atom. The van der Waals surface area contributed by atoms with Gasteiger partial charge in [0.25, 0.3) is 0 Å². The zero-order chi connectivity index (χ0) is 20.5. The Bertz CT molecular complexity index is 1330. The quantitative estimate of drug-likeness (QED) is 0.400. The Balaban J connectivity index is 1.40. The van der Waals surface area contributed by atoms with E-state index < -0.39 is 0 Å². The molecular formula is C21H15BrN6OS. The first kappa shape index (κ1) is 18.7. The van der Waals surface area contributed by atoms with Crippen molar-refractivity contribution in [3.05, 3.63) is 82.9 Å². The SMILES string of the molecule is O=C(Cc1csc2nc(-c3ccccc3)cn12)Nc1cc(Br)ccc1-n1cncn1. The number of fused-ring (bicyclic) bond motifs is 1. The number of carbonyl (C=O) groups is 1. The molecule has 0 aliphatic rings. The van der Waals surface area contributed by atoms with Crippen LogP contribution in [0.1, 0.15) is 5.69 Å². The standard InChI is InChI=1S/C21H15BrN6OS/c22-15-6-7-19(28-13-23-12-24-28)17(8-15)25-20(29)9-16-11-30-21-26-18(10-27(16)21)14-4-2-1-3-5-14/h1-8,10-13H,9H2,(H,25,29). The highest BCUT2D eigenvalue weighted by molar-refractivity contribution is 9.10. The molecule has 0 radical (unpaired) electrons. The summed E-state index contributed by atoms with van der Waals surface area (Å²) < 4.78 is 4.46. The zero-order valence-electron chi connectivity index (χ0n) is 15.6. The van der Waals surface area contributed by atoms with Crippen molar-refractivity contribution in [2.24, 2.45) is 0 Å². The third kappa shape index (κ3) is 3.64. The van der Waals surface area contributed by atoms with Gasteiger partial charge in [-0.15, -0.1) is 11.3 Å². The molecule has 0 aliphatic heterocycles. The van der Waals surface area contributed by atoms with Crippen molar-refractivity contribution in [1.29, 1.82) is 0 Å². The van der Waals surface area contributed by atoms with Gasteiger partial charge in [-0.25, -0.2) is 14.6 Å². The number of thiazole rings is 1. The van der Waals surface area contributed by atoms with Gasteiger partial charge in [0.2, 0.25) is 5.91 Å².